The van der Waals surface area contributed by atoms with Gasteiger partial charge in [0.25, 0.3) is 0 Å². The molecule has 4 heteroatoms. The molecular formula is C15H22N4. The highest BCUT2D eigenvalue weighted by Crippen LogP contribution is 2.33. The van der Waals surface area contributed by atoms with Crippen molar-refractivity contribution < 1.29 is 0 Å². The lowest BCUT2D eigenvalue weighted by Gasteiger charge is -2.23. The SMILES string of the molecule is CCn1nc(C)c(N)c1N(C)c1ccc(C)cc1C. The summed E-state index contributed by atoms with van der Waals surface area (Å²) >= 11 is 0. The summed E-state index contributed by atoms with van der Waals surface area (Å²) in [5, 5.41) is 4.47. The molecule has 2 N–H and O–H groups in total. The Hall–Kier alpha value is -1.97. The summed E-state index contributed by atoms with van der Waals surface area (Å²) in [7, 11) is 2.04. The first kappa shape index (κ1) is 13.5. The van der Waals surface area contributed by atoms with Gasteiger partial charge in [0.05, 0.1) is 11.4 Å². The Balaban J connectivity index is 2.52. The number of aromatic nitrogens is 2. The summed E-state index contributed by atoms with van der Waals surface area (Å²) in [6, 6.07) is 6.43. The number of rotatable bonds is 3. The van der Waals surface area contributed by atoms with Gasteiger partial charge in [-0.3, -0.25) is 0 Å². The zero-order valence-corrected chi connectivity index (χ0v) is 12.4. The first-order chi connectivity index (χ1) is 8.95. The smallest absolute Gasteiger partial charge is 0.154 e. The summed E-state index contributed by atoms with van der Waals surface area (Å²) in [5.41, 5.74) is 11.5. The van der Waals surface area contributed by atoms with E-state index < -0.39 is 0 Å². The third-order valence-electron chi connectivity index (χ3n) is 3.48. The fourth-order valence-electron chi connectivity index (χ4n) is 2.45. The fraction of sp³-hybridized carbons (Fsp3) is 0.400. The second-order valence-corrected chi connectivity index (χ2v) is 4.99. The molecule has 0 aliphatic heterocycles. The normalized spacial score (nSPS) is 10.8. The molecule has 1 aromatic carbocycles. The van der Waals surface area contributed by atoms with E-state index in [2.05, 4.69) is 49.0 Å². The second kappa shape index (κ2) is 4.96. The maximum absolute atomic E-state index is 6.17. The Kier molecular flexibility index (Phi) is 3.51. The van der Waals surface area contributed by atoms with Crippen molar-refractivity contribution in [3.63, 3.8) is 0 Å². The van der Waals surface area contributed by atoms with E-state index in [0.717, 1.165) is 29.4 Å². The van der Waals surface area contributed by atoms with Gasteiger partial charge in [0, 0.05) is 19.3 Å². The topological polar surface area (TPSA) is 47.1 Å². The van der Waals surface area contributed by atoms with Crippen LogP contribution >= 0.6 is 0 Å². The summed E-state index contributed by atoms with van der Waals surface area (Å²) in [6.45, 7) is 9.05. The maximum atomic E-state index is 6.17. The van der Waals surface area contributed by atoms with Gasteiger partial charge < -0.3 is 10.6 Å². The molecular weight excluding hydrogens is 236 g/mol. The van der Waals surface area contributed by atoms with Crippen molar-refractivity contribution in [2.45, 2.75) is 34.2 Å². The van der Waals surface area contributed by atoms with E-state index in [-0.39, 0.29) is 0 Å². The molecule has 0 spiro atoms. The largest absolute Gasteiger partial charge is 0.394 e. The van der Waals surface area contributed by atoms with Gasteiger partial charge in [-0.15, -0.1) is 0 Å². The number of hydrogen-bond acceptors (Lipinski definition) is 3. The zero-order valence-electron chi connectivity index (χ0n) is 12.4. The third-order valence-corrected chi connectivity index (χ3v) is 3.48. The van der Waals surface area contributed by atoms with Crippen LogP contribution in [0.5, 0.6) is 0 Å². The molecule has 2 rings (SSSR count). The fourth-order valence-corrected chi connectivity index (χ4v) is 2.45. The summed E-state index contributed by atoms with van der Waals surface area (Å²) < 4.78 is 1.95. The second-order valence-electron chi connectivity index (χ2n) is 4.99. The van der Waals surface area contributed by atoms with Gasteiger partial charge in [-0.1, -0.05) is 17.7 Å². The lowest BCUT2D eigenvalue weighted by atomic mass is 10.1. The summed E-state index contributed by atoms with van der Waals surface area (Å²) in [6.07, 6.45) is 0. The number of aryl methyl sites for hydroxylation is 4. The van der Waals surface area contributed by atoms with Crippen LogP contribution in [0.3, 0.4) is 0 Å². The quantitative estimate of drug-likeness (QED) is 0.919. The van der Waals surface area contributed by atoms with Crippen LogP contribution in [-0.4, -0.2) is 16.8 Å². The van der Waals surface area contributed by atoms with E-state index in [1.54, 1.807) is 0 Å². The highest BCUT2D eigenvalue weighted by atomic mass is 15.4. The Bertz CT molecular complexity index is 598. The zero-order chi connectivity index (χ0) is 14.2. The van der Waals surface area contributed by atoms with Crippen LogP contribution < -0.4 is 10.6 Å². The van der Waals surface area contributed by atoms with E-state index in [1.807, 2.05) is 18.7 Å². The van der Waals surface area contributed by atoms with Crippen LogP contribution in [0, 0.1) is 20.8 Å². The third kappa shape index (κ3) is 2.30. The number of hydrogen-bond donors (Lipinski definition) is 1. The highest BCUT2D eigenvalue weighted by Gasteiger charge is 2.17. The van der Waals surface area contributed by atoms with Crippen molar-refractivity contribution in [3.8, 4) is 0 Å². The van der Waals surface area contributed by atoms with E-state index >= 15 is 0 Å². The number of anilines is 3. The molecule has 0 fully saturated rings. The Morgan fingerprint density at radius 3 is 2.53 bits per heavy atom. The van der Waals surface area contributed by atoms with E-state index in [4.69, 9.17) is 5.73 Å². The average molecular weight is 258 g/mol. The van der Waals surface area contributed by atoms with Crippen molar-refractivity contribution in [3.05, 3.63) is 35.0 Å². The molecule has 1 heterocycles. The van der Waals surface area contributed by atoms with E-state index in [9.17, 15) is 0 Å². The molecule has 0 saturated carbocycles. The van der Waals surface area contributed by atoms with Gasteiger partial charge in [0.1, 0.15) is 0 Å². The number of nitrogen functional groups attached to an aromatic ring is 1. The molecule has 102 valence electrons. The Morgan fingerprint density at radius 1 is 1.26 bits per heavy atom. The lowest BCUT2D eigenvalue weighted by Crippen LogP contribution is -2.17. The molecule has 2 aromatic rings. The molecule has 0 aliphatic rings. The van der Waals surface area contributed by atoms with E-state index in [0.29, 0.717) is 0 Å². The molecule has 0 aliphatic carbocycles. The molecule has 0 unspecified atom stereocenters. The first-order valence-corrected chi connectivity index (χ1v) is 6.59. The van der Waals surface area contributed by atoms with Crippen LogP contribution in [-0.2, 0) is 6.54 Å². The van der Waals surface area contributed by atoms with E-state index in [1.165, 1.54) is 11.1 Å². The van der Waals surface area contributed by atoms with Crippen molar-refractivity contribution in [1.82, 2.24) is 9.78 Å². The van der Waals surface area contributed by atoms with Gasteiger partial charge in [-0.25, -0.2) is 4.68 Å². The van der Waals surface area contributed by atoms with Gasteiger partial charge in [0.15, 0.2) is 5.82 Å². The lowest BCUT2D eigenvalue weighted by molar-refractivity contribution is 0.652. The van der Waals surface area contributed by atoms with Gasteiger partial charge >= 0.3 is 0 Å². The molecule has 4 nitrogen and oxygen atoms in total. The Labute approximate surface area is 114 Å². The van der Waals surface area contributed by atoms with Gasteiger partial charge in [0.2, 0.25) is 0 Å². The standard InChI is InChI=1S/C15H22N4/c1-6-19-15(14(16)12(4)17-19)18(5)13-8-7-10(2)9-11(13)3/h7-9H,6,16H2,1-5H3. The van der Waals surface area contributed by atoms with Crippen LogP contribution in [0.25, 0.3) is 0 Å². The molecule has 0 saturated heterocycles. The van der Waals surface area contributed by atoms with Crippen LogP contribution in [0.1, 0.15) is 23.7 Å². The molecule has 0 atom stereocenters. The summed E-state index contributed by atoms with van der Waals surface area (Å²) in [4.78, 5) is 2.12. The molecule has 0 amide bonds. The van der Waals surface area contributed by atoms with Crippen molar-refractivity contribution in [1.29, 1.82) is 0 Å². The Morgan fingerprint density at radius 2 is 1.95 bits per heavy atom. The van der Waals surface area contributed by atoms with Crippen LogP contribution in [0.2, 0.25) is 0 Å². The van der Waals surface area contributed by atoms with Crippen molar-refractivity contribution in [2.24, 2.45) is 0 Å². The van der Waals surface area contributed by atoms with Gasteiger partial charge in [-0.2, -0.15) is 5.10 Å². The molecule has 1 aromatic heterocycles. The number of nitrogens with zero attached hydrogens (tertiary/aromatic N) is 3. The minimum Gasteiger partial charge on any atom is -0.394 e. The highest BCUT2D eigenvalue weighted by molar-refractivity contribution is 5.74. The molecule has 0 radical (unpaired) electrons. The predicted octanol–water partition coefficient (Wildman–Crippen LogP) is 3.18. The average Bonchev–Trinajstić information content (AvgIpc) is 2.64. The maximum Gasteiger partial charge on any atom is 0.154 e. The minimum atomic E-state index is 0.754. The molecule has 0 bridgehead atoms. The number of benzene rings is 1. The van der Waals surface area contributed by atoms with Crippen LogP contribution in [0.4, 0.5) is 17.2 Å². The summed E-state index contributed by atoms with van der Waals surface area (Å²) in [5.74, 6) is 0.965. The van der Waals surface area contributed by atoms with Crippen molar-refractivity contribution >= 4 is 17.2 Å². The molecule has 19 heavy (non-hydrogen) atoms. The first-order valence-electron chi connectivity index (χ1n) is 6.59. The van der Waals surface area contributed by atoms with Crippen LogP contribution in [0.15, 0.2) is 18.2 Å². The van der Waals surface area contributed by atoms with Gasteiger partial charge in [-0.05, 0) is 39.3 Å². The number of nitrogens with two attached hydrogens (primary N) is 1. The monoisotopic (exact) mass is 258 g/mol. The van der Waals surface area contributed by atoms with Crippen molar-refractivity contribution in [2.75, 3.05) is 17.7 Å². The minimum absolute atomic E-state index is 0.754. The predicted molar refractivity (Wildman–Crippen MR) is 81.0 cm³/mol.